The topological polar surface area (TPSA) is 55.6 Å². The number of fused-ring (bicyclic) bond motifs is 1. The van der Waals surface area contributed by atoms with Gasteiger partial charge in [0.25, 0.3) is 0 Å². The molecule has 23 heavy (non-hydrogen) atoms. The number of hydrogen-bond donors (Lipinski definition) is 1. The first-order chi connectivity index (χ1) is 11.2. The number of rotatable bonds is 3. The summed E-state index contributed by atoms with van der Waals surface area (Å²) in [6.45, 7) is 2.03. The van der Waals surface area contributed by atoms with Crippen LogP contribution in [-0.4, -0.2) is 20.2 Å². The van der Waals surface area contributed by atoms with Crippen LogP contribution in [0.15, 0.2) is 42.5 Å². The maximum atomic E-state index is 13.5. The van der Waals surface area contributed by atoms with Crippen molar-refractivity contribution in [3.63, 3.8) is 0 Å². The highest BCUT2D eigenvalue weighted by Gasteiger charge is 2.24. The molecule has 0 radical (unpaired) electrons. The van der Waals surface area contributed by atoms with Crippen molar-refractivity contribution in [2.45, 2.75) is 25.8 Å². The molecule has 1 N–H and O–H groups in total. The van der Waals surface area contributed by atoms with Crippen molar-refractivity contribution in [1.29, 1.82) is 0 Å². The smallest absolute Gasteiger partial charge is 0.248 e. The van der Waals surface area contributed by atoms with Gasteiger partial charge in [0, 0.05) is 0 Å². The second-order valence-corrected chi connectivity index (χ2v) is 5.83. The van der Waals surface area contributed by atoms with Gasteiger partial charge in [-0.15, -0.1) is 0 Å². The first kappa shape index (κ1) is 13.9. The molecule has 0 bridgehead atoms. The maximum Gasteiger partial charge on any atom is 0.248 e. The largest absolute Gasteiger partial charge is 0.346 e. The summed E-state index contributed by atoms with van der Waals surface area (Å²) in [7, 11) is 0. The van der Waals surface area contributed by atoms with Crippen molar-refractivity contribution < 1.29 is 4.39 Å². The molecule has 1 unspecified atom stereocenters. The van der Waals surface area contributed by atoms with E-state index in [0.717, 1.165) is 24.1 Å². The van der Waals surface area contributed by atoms with Crippen LogP contribution >= 0.6 is 0 Å². The van der Waals surface area contributed by atoms with Gasteiger partial charge in [-0.05, 0) is 65.6 Å². The Balaban J connectivity index is 1.63. The number of halogens is 1. The average Bonchev–Trinajstić information content (AvgIpc) is 3.16. The van der Waals surface area contributed by atoms with E-state index in [0.29, 0.717) is 5.95 Å². The molecule has 0 amide bonds. The number of anilines is 1. The van der Waals surface area contributed by atoms with E-state index in [4.69, 9.17) is 0 Å². The molecule has 0 spiro atoms. The summed E-state index contributed by atoms with van der Waals surface area (Å²) in [6.07, 6.45) is 1.83. The van der Waals surface area contributed by atoms with E-state index in [-0.39, 0.29) is 11.9 Å². The van der Waals surface area contributed by atoms with Gasteiger partial charge in [0.05, 0.1) is 11.7 Å². The van der Waals surface area contributed by atoms with Crippen LogP contribution < -0.4 is 5.32 Å². The van der Waals surface area contributed by atoms with Gasteiger partial charge in [-0.1, -0.05) is 28.9 Å². The van der Waals surface area contributed by atoms with E-state index in [1.165, 1.54) is 17.2 Å². The SMILES string of the molecule is Cc1ccc(-n2nnnc2NC2CCc3ccc(F)cc32)cc1. The summed E-state index contributed by atoms with van der Waals surface area (Å²) >= 11 is 0. The van der Waals surface area contributed by atoms with Crippen LogP contribution in [0.5, 0.6) is 0 Å². The lowest BCUT2D eigenvalue weighted by molar-refractivity contribution is 0.623. The van der Waals surface area contributed by atoms with Gasteiger partial charge in [-0.3, -0.25) is 0 Å². The number of aromatic nitrogens is 4. The Hall–Kier alpha value is -2.76. The quantitative estimate of drug-likeness (QED) is 0.807. The molecular weight excluding hydrogens is 293 g/mol. The zero-order valence-electron chi connectivity index (χ0n) is 12.7. The first-order valence-electron chi connectivity index (χ1n) is 7.61. The van der Waals surface area contributed by atoms with Gasteiger partial charge in [0.15, 0.2) is 0 Å². The lowest BCUT2D eigenvalue weighted by atomic mass is 10.1. The Kier molecular flexibility index (Phi) is 3.29. The molecule has 1 atom stereocenters. The van der Waals surface area contributed by atoms with Crippen molar-refractivity contribution in [3.8, 4) is 5.69 Å². The van der Waals surface area contributed by atoms with Crippen molar-refractivity contribution in [2.75, 3.05) is 5.32 Å². The highest BCUT2D eigenvalue weighted by molar-refractivity contribution is 5.44. The van der Waals surface area contributed by atoms with Gasteiger partial charge in [0.1, 0.15) is 5.82 Å². The Labute approximate surface area is 133 Å². The summed E-state index contributed by atoms with van der Waals surface area (Å²) in [6, 6.07) is 13.0. The van der Waals surface area contributed by atoms with E-state index in [1.807, 2.05) is 37.3 Å². The molecule has 0 fully saturated rings. The van der Waals surface area contributed by atoms with Crippen molar-refractivity contribution in [3.05, 3.63) is 65.0 Å². The summed E-state index contributed by atoms with van der Waals surface area (Å²) < 4.78 is 15.2. The van der Waals surface area contributed by atoms with Crippen LogP contribution in [0.2, 0.25) is 0 Å². The average molecular weight is 309 g/mol. The van der Waals surface area contributed by atoms with E-state index in [1.54, 1.807) is 10.7 Å². The molecule has 1 aliphatic rings. The molecule has 116 valence electrons. The van der Waals surface area contributed by atoms with Crippen LogP contribution in [0.25, 0.3) is 5.69 Å². The monoisotopic (exact) mass is 309 g/mol. The molecule has 0 saturated carbocycles. The molecule has 1 aromatic heterocycles. The molecule has 0 aliphatic heterocycles. The van der Waals surface area contributed by atoms with Crippen LogP contribution in [0.1, 0.15) is 29.2 Å². The second-order valence-electron chi connectivity index (χ2n) is 5.83. The van der Waals surface area contributed by atoms with E-state index >= 15 is 0 Å². The fraction of sp³-hybridized carbons (Fsp3) is 0.235. The number of hydrogen-bond acceptors (Lipinski definition) is 4. The molecule has 3 aromatic rings. The third kappa shape index (κ3) is 2.56. The summed E-state index contributed by atoms with van der Waals surface area (Å²) in [5.41, 5.74) is 4.24. The standard InChI is InChI=1S/C17H16FN5/c1-11-2-7-14(8-3-11)23-17(20-21-22-23)19-16-9-5-12-4-6-13(18)10-15(12)16/h2-4,6-8,10,16H,5,9H2,1H3,(H,19,20,22). The molecular formula is C17H16FN5. The number of tetrazole rings is 1. The highest BCUT2D eigenvalue weighted by Crippen LogP contribution is 2.34. The molecule has 2 aromatic carbocycles. The van der Waals surface area contributed by atoms with Gasteiger partial charge < -0.3 is 5.32 Å². The van der Waals surface area contributed by atoms with Crippen LogP contribution in [-0.2, 0) is 6.42 Å². The summed E-state index contributed by atoms with van der Waals surface area (Å²) in [4.78, 5) is 0. The molecule has 0 saturated heterocycles. The molecule has 1 heterocycles. The van der Waals surface area contributed by atoms with E-state index in [2.05, 4.69) is 20.8 Å². The van der Waals surface area contributed by atoms with Crippen molar-refractivity contribution in [2.24, 2.45) is 0 Å². The maximum absolute atomic E-state index is 13.5. The van der Waals surface area contributed by atoms with Crippen LogP contribution in [0.3, 0.4) is 0 Å². The fourth-order valence-electron chi connectivity index (χ4n) is 3.02. The van der Waals surface area contributed by atoms with Gasteiger partial charge >= 0.3 is 0 Å². The third-order valence-electron chi connectivity index (χ3n) is 4.24. The lowest BCUT2D eigenvalue weighted by Gasteiger charge is -2.14. The summed E-state index contributed by atoms with van der Waals surface area (Å²) in [5.74, 6) is 0.353. The predicted molar refractivity (Wildman–Crippen MR) is 85.0 cm³/mol. The zero-order valence-corrected chi connectivity index (χ0v) is 12.7. The summed E-state index contributed by atoms with van der Waals surface area (Å²) in [5, 5.41) is 15.2. The zero-order chi connectivity index (χ0) is 15.8. The van der Waals surface area contributed by atoms with Gasteiger partial charge in [0.2, 0.25) is 5.95 Å². The van der Waals surface area contributed by atoms with Gasteiger partial charge in [-0.2, -0.15) is 4.68 Å². The van der Waals surface area contributed by atoms with Crippen LogP contribution in [0.4, 0.5) is 10.3 Å². The van der Waals surface area contributed by atoms with E-state index < -0.39 is 0 Å². The Morgan fingerprint density at radius 1 is 1.17 bits per heavy atom. The minimum Gasteiger partial charge on any atom is -0.346 e. The number of benzene rings is 2. The highest BCUT2D eigenvalue weighted by atomic mass is 19.1. The van der Waals surface area contributed by atoms with Crippen LogP contribution in [0, 0.1) is 12.7 Å². The third-order valence-corrected chi connectivity index (χ3v) is 4.24. The molecule has 6 heteroatoms. The molecule has 4 rings (SSSR count). The Morgan fingerprint density at radius 2 is 2.00 bits per heavy atom. The van der Waals surface area contributed by atoms with Crippen molar-refractivity contribution in [1.82, 2.24) is 20.2 Å². The van der Waals surface area contributed by atoms with Gasteiger partial charge in [-0.25, -0.2) is 4.39 Å². The Morgan fingerprint density at radius 3 is 2.83 bits per heavy atom. The van der Waals surface area contributed by atoms with Crippen molar-refractivity contribution >= 4 is 5.95 Å². The first-order valence-corrected chi connectivity index (χ1v) is 7.61. The molecule has 1 aliphatic carbocycles. The minimum atomic E-state index is -0.212. The van der Waals surface area contributed by atoms with E-state index in [9.17, 15) is 4.39 Å². The lowest BCUT2D eigenvalue weighted by Crippen LogP contribution is -2.12. The fourth-order valence-corrected chi connectivity index (χ4v) is 3.02. The Bertz CT molecular complexity index is 840. The normalized spacial score (nSPS) is 16.3. The molecule has 5 nitrogen and oxygen atoms in total. The number of aryl methyl sites for hydroxylation is 2. The number of nitrogens with zero attached hydrogens (tertiary/aromatic N) is 4. The predicted octanol–water partition coefficient (Wildman–Crippen LogP) is 3.21. The second kappa shape index (κ2) is 5.46. The minimum absolute atomic E-state index is 0.0240. The number of nitrogens with one attached hydrogen (secondary N) is 1.